The number of Topliss-reactive ketones (excluding diaryl/α,β-unsaturated/α-hetero) is 1. The fourth-order valence-corrected chi connectivity index (χ4v) is 1.80. The molecule has 0 atom stereocenters. The van der Waals surface area contributed by atoms with Crippen LogP contribution in [0.2, 0.25) is 0 Å². The molecule has 0 spiro atoms. The molecular weight excluding hydrogens is 244 g/mol. The molecule has 0 radical (unpaired) electrons. The second kappa shape index (κ2) is 5.09. The van der Waals surface area contributed by atoms with Crippen molar-refractivity contribution in [3.8, 4) is 0 Å². The summed E-state index contributed by atoms with van der Waals surface area (Å²) in [5, 5.41) is 0. The Kier molecular flexibility index (Phi) is 4.01. The summed E-state index contributed by atoms with van der Waals surface area (Å²) in [6.45, 7) is 1.71. The lowest BCUT2D eigenvalue weighted by molar-refractivity contribution is -0.137. The van der Waals surface area contributed by atoms with Gasteiger partial charge in [0.1, 0.15) is 0 Å². The number of hydrogen-bond donors (Lipinski definition) is 0. The SMILES string of the molecule is CCOC(=O)C(=O)c1ccc(S(C)(=O)=O)cc1. The van der Waals surface area contributed by atoms with Crippen molar-refractivity contribution in [2.24, 2.45) is 0 Å². The van der Waals surface area contributed by atoms with Crippen LogP contribution in [-0.2, 0) is 19.4 Å². The van der Waals surface area contributed by atoms with Gasteiger partial charge in [-0.15, -0.1) is 0 Å². The minimum atomic E-state index is -3.30. The molecule has 0 saturated carbocycles. The van der Waals surface area contributed by atoms with E-state index in [1.54, 1.807) is 6.92 Å². The normalized spacial score (nSPS) is 10.9. The van der Waals surface area contributed by atoms with Crippen LogP contribution in [-0.4, -0.2) is 33.0 Å². The number of ether oxygens (including phenoxy) is 1. The maximum atomic E-state index is 11.5. The first-order valence-electron chi connectivity index (χ1n) is 4.88. The minimum absolute atomic E-state index is 0.0953. The number of carbonyl (C=O) groups is 2. The monoisotopic (exact) mass is 256 g/mol. The Morgan fingerprint density at radius 3 is 2.12 bits per heavy atom. The maximum absolute atomic E-state index is 11.5. The molecule has 0 heterocycles. The number of rotatable bonds is 4. The zero-order valence-corrected chi connectivity index (χ0v) is 10.3. The van der Waals surface area contributed by atoms with Crippen molar-refractivity contribution in [2.45, 2.75) is 11.8 Å². The van der Waals surface area contributed by atoms with Crippen LogP contribution < -0.4 is 0 Å². The van der Waals surface area contributed by atoms with Crippen LogP contribution in [0, 0.1) is 0 Å². The van der Waals surface area contributed by atoms with Gasteiger partial charge in [0, 0.05) is 11.8 Å². The Labute approximate surface area is 99.3 Å². The van der Waals surface area contributed by atoms with E-state index in [2.05, 4.69) is 4.74 Å². The van der Waals surface area contributed by atoms with E-state index in [1.165, 1.54) is 24.3 Å². The van der Waals surface area contributed by atoms with Gasteiger partial charge in [0.2, 0.25) is 0 Å². The summed E-state index contributed by atoms with van der Waals surface area (Å²) in [7, 11) is -3.30. The molecule has 0 aliphatic heterocycles. The number of esters is 1. The highest BCUT2D eigenvalue weighted by molar-refractivity contribution is 7.90. The highest BCUT2D eigenvalue weighted by Gasteiger charge is 2.17. The van der Waals surface area contributed by atoms with Gasteiger partial charge in [-0.25, -0.2) is 13.2 Å². The Bertz CT molecular complexity index is 527. The highest BCUT2D eigenvalue weighted by Crippen LogP contribution is 2.11. The summed E-state index contributed by atoms with van der Waals surface area (Å²) in [5.41, 5.74) is 0.107. The Morgan fingerprint density at radius 1 is 1.18 bits per heavy atom. The van der Waals surface area contributed by atoms with Crippen molar-refractivity contribution >= 4 is 21.6 Å². The first-order valence-corrected chi connectivity index (χ1v) is 6.77. The predicted molar refractivity (Wildman–Crippen MR) is 60.5 cm³/mol. The Morgan fingerprint density at radius 2 is 1.71 bits per heavy atom. The summed E-state index contributed by atoms with van der Waals surface area (Å²) in [6, 6.07) is 5.13. The lowest BCUT2D eigenvalue weighted by Crippen LogP contribution is -2.17. The molecule has 0 fully saturated rings. The zero-order valence-electron chi connectivity index (χ0n) is 9.47. The van der Waals surface area contributed by atoms with Crippen LogP contribution in [0.5, 0.6) is 0 Å². The lowest BCUT2D eigenvalue weighted by atomic mass is 10.1. The standard InChI is InChI=1S/C11H12O5S/c1-3-16-11(13)10(12)8-4-6-9(7-5-8)17(2,14)15/h4-7H,3H2,1-2H3. The van der Waals surface area contributed by atoms with E-state index in [4.69, 9.17) is 0 Å². The van der Waals surface area contributed by atoms with Gasteiger partial charge in [-0.2, -0.15) is 0 Å². The number of hydrogen-bond acceptors (Lipinski definition) is 5. The van der Waals surface area contributed by atoms with Crippen molar-refractivity contribution in [2.75, 3.05) is 12.9 Å². The molecule has 6 heteroatoms. The zero-order chi connectivity index (χ0) is 13.1. The second-order valence-corrected chi connectivity index (χ2v) is 5.36. The summed E-state index contributed by atoms with van der Waals surface area (Å²) in [5.74, 6) is -1.73. The number of ketones is 1. The Balaban J connectivity index is 2.96. The molecule has 0 unspecified atom stereocenters. The summed E-state index contributed by atoms with van der Waals surface area (Å²) in [4.78, 5) is 22.7. The molecule has 0 N–H and O–H groups in total. The van der Waals surface area contributed by atoms with Crippen LogP contribution in [0.3, 0.4) is 0 Å². The van der Waals surface area contributed by atoms with Crippen LogP contribution in [0.25, 0.3) is 0 Å². The lowest BCUT2D eigenvalue weighted by Gasteiger charge is -2.02. The first kappa shape index (κ1) is 13.4. The predicted octanol–water partition coefficient (Wildman–Crippen LogP) is 0.836. The van der Waals surface area contributed by atoms with E-state index in [1.807, 2.05) is 0 Å². The average molecular weight is 256 g/mol. The minimum Gasteiger partial charge on any atom is -0.460 e. The van der Waals surface area contributed by atoms with E-state index in [9.17, 15) is 18.0 Å². The van der Waals surface area contributed by atoms with Crippen molar-refractivity contribution in [1.82, 2.24) is 0 Å². The van der Waals surface area contributed by atoms with E-state index in [-0.39, 0.29) is 17.1 Å². The van der Waals surface area contributed by atoms with Crippen molar-refractivity contribution in [1.29, 1.82) is 0 Å². The number of carbonyl (C=O) groups excluding carboxylic acids is 2. The molecule has 1 rings (SSSR count). The van der Waals surface area contributed by atoms with Crippen LogP contribution in [0.4, 0.5) is 0 Å². The molecule has 5 nitrogen and oxygen atoms in total. The van der Waals surface area contributed by atoms with Crippen molar-refractivity contribution < 1.29 is 22.7 Å². The van der Waals surface area contributed by atoms with Gasteiger partial charge in [0.05, 0.1) is 11.5 Å². The van der Waals surface area contributed by atoms with E-state index in [0.717, 1.165) is 6.26 Å². The largest absolute Gasteiger partial charge is 0.460 e. The third-order valence-electron chi connectivity index (χ3n) is 2.01. The van der Waals surface area contributed by atoms with Gasteiger partial charge < -0.3 is 4.74 Å². The van der Waals surface area contributed by atoms with Gasteiger partial charge in [-0.05, 0) is 31.2 Å². The topological polar surface area (TPSA) is 77.5 Å². The van der Waals surface area contributed by atoms with Gasteiger partial charge in [-0.1, -0.05) is 0 Å². The van der Waals surface area contributed by atoms with E-state index < -0.39 is 21.6 Å². The number of benzene rings is 1. The molecule has 17 heavy (non-hydrogen) atoms. The van der Waals surface area contributed by atoms with Crippen LogP contribution in [0.1, 0.15) is 17.3 Å². The third kappa shape index (κ3) is 3.39. The van der Waals surface area contributed by atoms with Gasteiger partial charge in [0.15, 0.2) is 9.84 Å². The molecule has 0 aliphatic carbocycles. The summed E-state index contributed by atoms with van der Waals surface area (Å²) in [6.07, 6.45) is 1.06. The van der Waals surface area contributed by atoms with E-state index >= 15 is 0 Å². The average Bonchev–Trinajstić information content (AvgIpc) is 2.27. The quantitative estimate of drug-likeness (QED) is 0.453. The molecule has 1 aromatic carbocycles. The number of sulfone groups is 1. The molecule has 0 bridgehead atoms. The molecule has 0 aromatic heterocycles. The first-order chi connectivity index (χ1) is 7.86. The van der Waals surface area contributed by atoms with E-state index in [0.29, 0.717) is 0 Å². The smallest absolute Gasteiger partial charge is 0.379 e. The summed E-state index contributed by atoms with van der Waals surface area (Å²) < 4.78 is 26.9. The molecular formula is C11H12O5S. The maximum Gasteiger partial charge on any atom is 0.379 e. The molecule has 0 aliphatic rings. The van der Waals surface area contributed by atoms with Crippen molar-refractivity contribution in [3.63, 3.8) is 0 Å². The summed E-state index contributed by atoms with van der Waals surface area (Å²) >= 11 is 0. The van der Waals surface area contributed by atoms with Gasteiger partial charge in [0.25, 0.3) is 5.78 Å². The molecule has 0 amide bonds. The molecule has 0 saturated heterocycles. The Hall–Kier alpha value is -1.69. The van der Waals surface area contributed by atoms with Crippen LogP contribution in [0.15, 0.2) is 29.2 Å². The fourth-order valence-electron chi connectivity index (χ4n) is 1.17. The van der Waals surface area contributed by atoms with Crippen molar-refractivity contribution in [3.05, 3.63) is 29.8 Å². The van der Waals surface area contributed by atoms with Crippen LogP contribution >= 0.6 is 0 Å². The van der Waals surface area contributed by atoms with Gasteiger partial charge in [-0.3, -0.25) is 4.79 Å². The third-order valence-corrected chi connectivity index (χ3v) is 3.13. The second-order valence-electron chi connectivity index (χ2n) is 3.35. The highest BCUT2D eigenvalue weighted by atomic mass is 32.2. The molecule has 92 valence electrons. The fraction of sp³-hybridized carbons (Fsp3) is 0.273. The molecule has 1 aromatic rings. The van der Waals surface area contributed by atoms with Gasteiger partial charge >= 0.3 is 5.97 Å².